The van der Waals surface area contributed by atoms with Gasteiger partial charge in [-0.1, -0.05) is 20.3 Å². The highest BCUT2D eigenvalue weighted by atomic mass is 32.2. The predicted molar refractivity (Wildman–Crippen MR) is 117 cm³/mol. The molecular weight excluding hydrogens is 437 g/mol. The van der Waals surface area contributed by atoms with Crippen LogP contribution in [0.1, 0.15) is 78.1 Å². The van der Waals surface area contributed by atoms with Gasteiger partial charge in [-0.25, -0.2) is 0 Å². The molecule has 7 heteroatoms. The molecule has 0 radical (unpaired) electrons. The normalized spacial score (nSPS) is 48.0. The minimum absolute atomic E-state index is 0.00289. The molecule has 4 saturated carbocycles. The molecule has 0 aromatic carbocycles. The van der Waals surface area contributed by atoms with Crippen molar-refractivity contribution in [1.82, 2.24) is 0 Å². The van der Waals surface area contributed by atoms with E-state index < -0.39 is 16.9 Å². The van der Waals surface area contributed by atoms with Crippen LogP contribution in [0.2, 0.25) is 0 Å². The van der Waals surface area contributed by atoms with Gasteiger partial charge in [0.1, 0.15) is 5.76 Å². The Hall–Kier alpha value is -0.850. The number of rotatable bonds is 3. The first-order valence-corrected chi connectivity index (χ1v) is 13.2. The van der Waals surface area contributed by atoms with Crippen molar-refractivity contribution in [3.63, 3.8) is 0 Å². The Morgan fingerprint density at radius 2 is 1.72 bits per heavy atom. The third-order valence-corrected chi connectivity index (χ3v) is 11.1. The first-order valence-electron chi connectivity index (χ1n) is 12.4. The van der Waals surface area contributed by atoms with E-state index in [2.05, 4.69) is 6.92 Å². The quantitative estimate of drug-likeness (QED) is 0.434. The van der Waals surface area contributed by atoms with E-state index in [0.29, 0.717) is 41.3 Å². The number of aliphatic carboxylic acids is 1. The third-order valence-electron chi connectivity index (χ3n) is 10.7. The van der Waals surface area contributed by atoms with E-state index in [1.54, 1.807) is 0 Å². The Balaban J connectivity index is 1.35. The molecule has 32 heavy (non-hydrogen) atoms. The molecule has 0 aliphatic heterocycles. The maximum atomic E-state index is 12.7. The van der Waals surface area contributed by atoms with Crippen LogP contribution in [0, 0.1) is 52.3 Å². The topological polar surface area (TPSA) is 46.5 Å². The van der Waals surface area contributed by atoms with Crippen molar-refractivity contribution in [2.75, 3.05) is 0 Å². The summed E-state index contributed by atoms with van der Waals surface area (Å²) in [5, 5.41) is 10.1. The number of hydrogen-bond donors (Lipinski definition) is 1. The number of carbonyl (C=O) groups is 1. The number of alkyl halides is 3. The molecule has 4 fully saturated rings. The fraction of sp³-hybridized carbons (Fsp3) is 0.880. The van der Waals surface area contributed by atoms with E-state index in [-0.39, 0.29) is 23.4 Å². The largest absolute Gasteiger partial charge is 0.481 e. The molecule has 0 bridgehead atoms. The number of hydrogen-bond acceptors (Lipinski definition) is 3. The molecule has 0 spiro atoms. The summed E-state index contributed by atoms with van der Waals surface area (Å²) in [5.41, 5.74) is -4.76. The van der Waals surface area contributed by atoms with Gasteiger partial charge in [-0.05, 0) is 105 Å². The van der Waals surface area contributed by atoms with Gasteiger partial charge >= 0.3 is 11.5 Å². The monoisotopic (exact) mass is 472 g/mol. The molecule has 0 saturated heterocycles. The second-order valence-electron chi connectivity index (χ2n) is 11.6. The average molecular weight is 473 g/mol. The maximum absolute atomic E-state index is 12.7. The number of halogens is 3. The maximum Gasteiger partial charge on any atom is 0.479 e. The highest BCUT2D eigenvalue weighted by Gasteiger charge is 2.62. The van der Waals surface area contributed by atoms with E-state index >= 15 is 0 Å². The molecule has 3 nitrogen and oxygen atoms in total. The highest BCUT2D eigenvalue weighted by molar-refractivity contribution is 7.95. The molecule has 9 unspecified atom stereocenters. The van der Waals surface area contributed by atoms with Crippen molar-refractivity contribution in [2.45, 2.75) is 83.6 Å². The first kappa shape index (κ1) is 22.9. The standard InChI is InChI=1S/C25H35F3O3S/c1-14-18-7-5-16-15-9-13-24(22(29)30)11-3-4-20(24)17(15)6-8-19(16)23(18,2)12-10-21(14)31-32-25(26,27)28/h10,14-20H,3-9,11-13H2,1-2H3,(H,29,30). The van der Waals surface area contributed by atoms with Crippen molar-refractivity contribution in [1.29, 1.82) is 0 Å². The van der Waals surface area contributed by atoms with Gasteiger partial charge < -0.3 is 9.29 Å². The third kappa shape index (κ3) is 3.42. The van der Waals surface area contributed by atoms with Gasteiger partial charge in [0.05, 0.1) is 5.41 Å². The summed E-state index contributed by atoms with van der Waals surface area (Å²) in [6.07, 6.45) is 12.0. The Morgan fingerprint density at radius 1 is 1.03 bits per heavy atom. The molecule has 1 N–H and O–H groups in total. The van der Waals surface area contributed by atoms with Gasteiger partial charge in [0.15, 0.2) is 12.0 Å². The first-order chi connectivity index (χ1) is 15.1. The van der Waals surface area contributed by atoms with Gasteiger partial charge in [0.25, 0.3) is 0 Å². The minimum atomic E-state index is -4.39. The smallest absolute Gasteiger partial charge is 0.479 e. The Morgan fingerprint density at radius 3 is 2.41 bits per heavy atom. The Kier molecular flexibility index (Phi) is 5.62. The van der Waals surface area contributed by atoms with E-state index in [9.17, 15) is 23.1 Å². The zero-order chi connectivity index (χ0) is 22.9. The summed E-state index contributed by atoms with van der Waals surface area (Å²) in [5.74, 6) is 3.01. The van der Waals surface area contributed by atoms with E-state index in [1.165, 1.54) is 0 Å². The van der Waals surface area contributed by atoms with Gasteiger partial charge in [-0.3, -0.25) is 4.79 Å². The summed E-state index contributed by atoms with van der Waals surface area (Å²) >= 11 is -0.386. The van der Waals surface area contributed by atoms with E-state index in [0.717, 1.165) is 64.2 Å². The summed E-state index contributed by atoms with van der Waals surface area (Å²) in [6, 6.07) is 0. The van der Waals surface area contributed by atoms with Crippen LogP contribution in [0.5, 0.6) is 0 Å². The van der Waals surface area contributed by atoms with Crippen LogP contribution in [0.15, 0.2) is 11.8 Å². The van der Waals surface area contributed by atoms with Crippen LogP contribution in [0.4, 0.5) is 13.2 Å². The fourth-order valence-electron chi connectivity index (χ4n) is 9.42. The van der Waals surface area contributed by atoms with Gasteiger partial charge in [-0.2, -0.15) is 13.2 Å². The van der Waals surface area contributed by atoms with Crippen LogP contribution in [-0.2, 0) is 8.98 Å². The minimum Gasteiger partial charge on any atom is -0.481 e. The van der Waals surface area contributed by atoms with Crippen molar-refractivity contribution in [3.8, 4) is 0 Å². The highest BCUT2D eigenvalue weighted by Crippen LogP contribution is 2.67. The number of fused-ring (bicyclic) bond motifs is 7. The van der Waals surface area contributed by atoms with Crippen LogP contribution in [-0.4, -0.2) is 16.6 Å². The fourth-order valence-corrected chi connectivity index (χ4v) is 9.83. The van der Waals surface area contributed by atoms with Crippen LogP contribution in [0.25, 0.3) is 0 Å². The lowest BCUT2D eigenvalue weighted by Crippen LogP contribution is -2.56. The molecule has 180 valence electrons. The van der Waals surface area contributed by atoms with Crippen molar-refractivity contribution in [3.05, 3.63) is 11.8 Å². The Bertz CT molecular complexity index is 798. The molecule has 5 aliphatic rings. The summed E-state index contributed by atoms with van der Waals surface area (Å²) in [4.78, 5) is 12.2. The SMILES string of the molecule is CC1C(OSC(F)(F)F)=CCC2(C)C1CCC1C3CCC4(C(=O)O)CCCC4C3CCC12. The zero-order valence-electron chi connectivity index (χ0n) is 19.0. The lowest BCUT2D eigenvalue weighted by atomic mass is 9.43. The van der Waals surface area contributed by atoms with Crippen LogP contribution in [0.3, 0.4) is 0 Å². The summed E-state index contributed by atoms with van der Waals surface area (Å²) in [6.45, 7) is 4.41. The zero-order valence-corrected chi connectivity index (χ0v) is 19.8. The van der Waals surface area contributed by atoms with Crippen molar-refractivity contribution < 1.29 is 27.3 Å². The molecular formula is C25H35F3O3S. The second-order valence-corrected chi connectivity index (χ2v) is 12.4. The number of carboxylic acid groups (broad SMARTS) is 1. The van der Waals surface area contributed by atoms with Crippen molar-refractivity contribution in [2.24, 2.45) is 52.3 Å². The molecule has 0 aromatic heterocycles. The van der Waals surface area contributed by atoms with Crippen molar-refractivity contribution >= 4 is 18.0 Å². The van der Waals surface area contributed by atoms with Gasteiger partial charge in [-0.15, -0.1) is 0 Å². The predicted octanol–water partition coefficient (Wildman–Crippen LogP) is 7.43. The average Bonchev–Trinajstić information content (AvgIpc) is 3.18. The van der Waals surface area contributed by atoms with Crippen LogP contribution < -0.4 is 0 Å². The van der Waals surface area contributed by atoms with Gasteiger partial charge in [0.2, 0.25) is 0 Å². The van der Waals surface area contributed by atoms with E-state index in [4.69, 9.17) is 4.18 Å². The number of carboxylic acids is 1. The molecule has 0 aromatic rings. The molecule has 5 rings (SSSR count). The molecule has 5 aliphatic carbocycles. The summed E-state index contributed by atoms with van der Waals surface area (Å²) in [7, 11) is 0. The summed E-state index contributed by atoms with van der Waals surface area (Å²) < 4.78 is 43.2. The van der Waals surface area contributed by atoms with Crippen LogP contribution >= 0.6 is 12.0 Å². The molecule has 0 heterocycles. The molecule has 0 amide bonds. The lowest BCUT2D eigenvalue weighted by molar-refractivity contribution is -0.165. The van der Waals surface area contributed by atoms with Gasteiger partial charge in [0, 0.05) is 5.92 Å². The van der Waals surface area contributed by atoms with E-state index in [1.807, 2.05) is 13.0 Å². The lowest BCUT2D eigenvalue weighted by Gasteiger charge is -2.62. The second kappa shape index (κ2) is 7.84. The molecule has 9 atom stereocenters. The Labute approximate surface area is 193 Å². The number of allylic oxidation sites excluding steroid dienone is 2.